The van der Waals surface area contributed by atoms with Crippen LogP contribution in [0.1, 0.15) is 19.4 Å². The molecule has 5 nitrogen and oxygen atoms in total. The first-order valence-corrected chi connectivity index (χ1v) is 10.8. The molecule has 0 fully saturated rings. The molecule has 0 aliphatic rings. The van der Waals surface area contributed by atoms with Crippen LogP contribution in [0.5, 0.6) is 5.75 Å². The predicted molar refractivity (Wildman–Crippen MR) is 129 cm³/mol. The lowest BCUT2D eigenvalue weighted by atomic mass is 9.99. The number of allylic oxidation sites excluding steroid dienone is 1. The largest absolute Gasteiger partial charge is 0.493 e. The zero-order valence-corrected chi connectivity index (χ0v) is 19.0. The SMILES string of the molecule is CCOc1cc2occ(-c3ccc(Cl)cc3)c2cc1/C(C)=C/C(=O)Nc1ccc(Cl)cn1. The number of ether oxygens (including phenoxy) is 1. The fourth-order valence-electron chi connectivity index (χ4n) is 3.38. The smallest absolute Gasteiger partial charge is 0.249 e. The third-order valence-corrected chi connectivity index (χ3v) is 5.36. The Balaban J connectivity index is 1.71. The topological polar surface area (TPSA) is 64.4 Å². The number of rotatable bonds is 6. The molecule has 1 N–H and O–H groups in total. The van der Waals surface area contributed by atoms with Crippen LogP contribution in [0.2, 0.25) is 10.0 Å². The van der Waals surface area contributed by atoms with Crippen molar-refractivity contribution >= 4 is 51.5 Å². The lowest BCUT2D eigenvalue weighted by molar-refractivity contribution is -0.111. The van der Waals surface area contributed by atoms with E-state index < -0.39 is 0 Å². The molecule has 0 saturated carbocycles. The van der Waals surface area contributed by atoms with Crippen LogP contribution in [0, 0.1) is 0 Å². The molecule has 162 valence electrons. The van der Waals surface area contributed by atoms with Crippen molar-refractivity contribution in [1.29, 1.82) is 0 Å². The van der Waals surface area contributed by atoms with E-state index in [0.29, 0.717) is 33.8 Å². The van der Waals surface area contributed by atoms with Gasteiger partial charge in [-0.2, -0.15) is 0 Å². The third kappa shape index (κ3) is 4.79. The van der Waals surface area contributed by atoms with E-state index in [1.807, 2.05) is 50.2 Å². The van der Waals surface area contributed by atoms with Gasteiger partial charge in [0.2, 0.25) is 5.91 Å². The second kappa shape index (κ2) is 9.47. The van der Waals surface area contributed by atoms with Gasteiger partial charge in [0, 0.05) is 39.9 Å². The summed E-state index contributed by atoms with van der Waals surface area (Å²) in [6, 6.07) is 14.7. The number of nitrogens with one attached hydrogen (secondary N) is 1. The van der Waals surface area contributed by atoms with Gasteiger partial charge in [-0.1, -0.05) is 35.3 Å². The van der Waals surface area contributed by atoms with Crippen LogP contribution < -0.4 is 10.1 Å². The highest BCUT2D eigenvalue weighted by atomic mass is 35.5. The number of carbonyl (C=O) groups excluding carboxylic acids is 1. The van der Waals surface area contributed by atoms with E-state index in [9.17, 15) is 4.79 Å². The number of anilines is 1. The molecule has 7 heteroatoms. The summed E-state index contributed by atoms with van der Waals surface area (Å²) in [6.07, 6.45) is 4.71. The highest BCUT2D eigenvalue weighted by Gasteiger charge is 2.15. The van der Waals surface area contributed by atoms with Gasteiger partial charge in [0.1, 0.15) is 17.2 Å². The normalized spacial score (nSPS) is 11.6. The quantitative estimate of drug-likeness (QED) is 0.304. The molecule has 32 heavy (non-hydrogen) atoms. The summed E-state index contributed by atoms with van der Waals surface area (Å²) in [5, 5.41) is 4.82. The number of furan rings is 1. The summed E-state index contributed by atoms with van der Waals surface area (Å²) < 4.78 is 11.6. The Morgan fingerprint density at radius 1 is 1.12 bits per heavy atom. The Morgan fingerprint density at radius 3 is 2.56 bits per heavy atom. The van der Waals surface area contributed by atoms with Gasteiger partial charge in [-0.25, -0.2) is 4.98 Å². The highest BCUT2D eigenvalue weighted by molar-refractivity contribution is 6.30. The minimum Gasteiger partial charge on any atom is -0.493 e. The molecule has 0 unspecified atom stereocenters. The molecular formula is C25H20Cl2N2O3. The van der Waals surface area contributed by atoms with Gasteiger partial charge < -0.3 is 14.5 Å². The molecule has 2 aromatic carbocycles. The number of carbonyl (C=O) groups is 1. The molecule has 2 heterocycles. The predicted octanol–water partition coefficient (Wildman–Crippen LogP) is 7.24. The maximum absolute atomic E-state index is 12.6. The van der Waals surface area contributed by atoms with Crippen LogP contribution in [0.4, 0.5) is 5.82 Å². The highest BCUT2D eigenvalue weighted by Crippen LogP contribution is 2.37. The van der Waals surface area contributed by atoms with Gasteiger partial charge in [-0.05, 0) is 55.3 Å². The lowest BCUT2D eigenvalue weighted by Gasteiger charge is -2.12. The van der Waals surface area contributed by atoms with Crippen molar-refractivity contribution in [2.75, 3.05) is 11.9 Å². The second-order valence-corrected chi connectivity index (χ2v) is 7.98. The van der Waals surface area contributed by atoms with E-state index in [1.54, 1.807) is 18.4 Å². The first-order chi connectivity index (χ1) is 15.4. The Labute approximate surface area is 195 Å². The molecule has 0 radical (unpaired) electrons. The fraction of sp³-hybridized carbons (Fsp3) is 0.120. The molecule has 2 aromatic heterocycles. The van der Waals surface area contributed by atoms with Crippen LogP contribution in [0.15, 0.2) is 71.5 Å². The number of hydrogen-bond donors (Lipinski definition) is 1. The Hall–Kier alpha value is -3.28. The number of benzene rings is 2. The van der Waals surface area contributed by atoms with E-state index in [-0.39, 0.29) is 5.91 Å². The van der Waals surface area contributed by atoms with Crippen molar-refractivity contribution in [3.05, 3.63) is 82.7 Å². The van der Waals surface area contributed by atoms with Gasteiger partial charge in [0.25, 0.3) is 0 Å². The maximum Gasteiger partial charge on any atom is 0.249 e. The van der Waals surface area contributed by atoms with Crippen molar-refractivity contribution < 1.29 is 13.9 Å². The number of pyridine rings is 1. The van der Waals surface area contributed by atoms with E-state index in [4.69, 9.17) is 32.4 Å². The van der Waals surface area contributed by atoms with Crippen LogP contribution in [-0.4, -0.2) is 17.5 Å². The van der Waals surface area contributed by atoms with Gasteiger partial charge in [0.05, 0.1) is 17.9 Å². The third-order valence-electron chi connectivity index (χ3n) is 4.88. The number of halogens is 2. The van der Waals surface area contributed by atoms with E-state index in [2.05, 4.69) is 10.3 Å². The van der Waals surface area contributed by atoms with Crippen molar-refractivity contribution in [2.24, 2.45) is 0 Å². The number of amides is 1. The Morgan fingerprint density at radius 2 is 1.88 bits per heavy atom. The molecule has 1 amide bonds. The van der Waals surface area contributed by atoms with E-state index in [0.717, 1.165) is 27.6 Å². The standard InChI is InChI=1S/C25H20Cl2N2O3/c1-3-31-22-12-23-20(21(14-32-23)16-4-6-17(26)7-5-16)11-19(22)15(2)10-25(30)29-24-9-8-18(27)13-28-24/h4-14H,3H2,1-2H3,(H,28,29,30)/b15-10+. The van der Waals surface area contributed by atoms with Crippen LogP contribution in [0.3, 0.4) is 0 Å². The maximum atomic E-state index is 12.6. The molecular weight excluding hydrogens is 447 g/mol. The molecule has 0 spiro atoms. The monoisotopic (exact) mass is 466 g/mol. The summed E-state index contributed by atoms with van der Waals surface area (Å²) in [7, 11) is 0. The van der Waals surface area contributed by atoms with Crippen molar-refractivity contribution in [1.82, 2.24) is 4.98 Å². The van der Waals surface area contributed by atoms with Crippen molar-refractivity contribution in [2.45, 2.75) is 13.8 Å². The second-order valence-electron chi connectivity index (χ2n) is 7.11. The van der Waals surface area contributed by atoms with Gasteiger partial charge in [0.15, 0.2) is 0 Å². The van der Waals surface area contributed by atoms with Crippen molar-refractivity contribution in [3.8, 4) is 16.9 Å². The molecule has 0 aliphatic heterocycles. The van der Waals surface area contributed by atoms with Crippen LogP contribution in [0.25, 0.3) is 27.7 Å². The molecule has 0 saturated heterocycles. The number of fused-ring (bicyclic) bond motifs is 1. The van der Waals surface area contributed by atoms with Crippen molar-refractivity contribution in [3.63, 3.8) is 0 Å². The summed E-state index contributed by atoms with van der Waals surface area (Å²) in [5.74, 6) is 0.761. The average Bonchev–Trinajstić information content (AvgIpc) is 3.18. The van der Waals surface area contributed by atoms with E-state index in [1.165, 1.54) is 12.3 Å². The lowest BCUT2D eigenvalue weighted by Crippen LogP contribution is -2.10. The average molecular weight is 467 g/mol. The molecule has 4 rings (SSSR count). The van der Waals surface area contributed by atoms with Gasteiger partial charge in [-0.3, -0.25) is 4.79 Å². The minimum absolute atomic E-state index is 0.301. The number of aromatic nitrogens is 1. The van der Waals surface area contributed by atoms with Gasteiger partial charge >= 0.3 is 0 Å². The zero-order chi connectivity index (χ0) is 22.7. The van der Waals surface area contributed by atoms with Gasteiger partial charge in [-0.15, -0.1) is 0 Å². The first kappa shape index (κ1) is 21.9. The summed E-state index contributed by atoms with van der Waals surface area (Å²) in [6.45, 7) is 4.26. The van der Waals surface area contributed by atoms with E-state index >= 15 is 0 Å². The van der Waals surface area contributed by atoms with Crippen LogP contribution in [-0.2, 0) is 4.79 Å². The van der Waals surface area contributed by atoms with Crippen LogP contribution >= 0.6 is 23.2 Å². The molecule has 0 atom stereocenters. The first-order valence-electron chi connectivity index (χ1n) is 10.00. The summed E-state index contributed by atoms with van der Waals surface area (Å²) >= 11 is 11.9. The fourth-order valence-corrected chi connectivity index (χ4v) is 3.62. The zero-order valence-electron chi connectivity index (χ0n) is 17.5. The summed E-state index contributed by atoms with van der Waals surface area (Å²) in [5.41, 5.74) is 4.16. The molecule has 0 aliphatic carbocycles. The number of nitrogens with zero attached hydrogens (tertiary/aromatic N) is 1. The molecule has 0 bridgehead atoms. The Bertz CT molecular complexity index is 1290. The summed E-state index contributed by atoms with van der Waals surface area (Å²) in [4.78, 5) is 16.6. The molecule has 4 aromatic rings. The minimum atomic E-state index is -0.301. The Kier molecular flexibility index (Phi) is 6.49. The number of hydrogen-bond acceptors (Lipinski definition) is 4.